The van der Waals surface area contributed by atoms with Gasteiger partial charge in [0, 0.05) is 52.4 Å². The molecule has 0 aromatic heterocycles. The topological polar surface area (TPSA) is 42.9 Å². The first-order chi connectivity index (χ1) is 13.1. The number of aliphatic imine (C=N–C) groups is 1. The number of guanidine groups is 1. The van der Waals surface area contributed by atoms with E-state index in [1.807, 2.05) is 7.05 Å². The molecule has 1 fully saturated rings. The molecule has 5 nitrogen and oxygen atoms in total. The summed E-state index contributed by atoms with van der Waals surface area (Å²) in [7, 11) is 1.86. The first-order valence-electron chi connectivity index (χ1n) is 10.6. The van der Waals surface area contributed by atoms with E-state index in [0.29, 0.717) is 12.0 Å². The number of piperazine rings is 1. The van der Waals surface area contributed by atoms with Crippen LogP contribution in [0, 0.1) is 5.92 Å². The van der Waals surface area contributed by atoms with Crippen molar-refractivity contribution in [3.63, 3.8) is 0 Å². The van der Waals surface area contributed by atoms with Crippen molar-refractivity contribution in [2.75, 3.05) is 52.9 Å². The lowest BCUT2D eigenvalue weighted by atomic mass is 10.1. The molecule has 0 amide bonds. The van der Waals surface area contributed by atoms with Gasteiger partial charge in [0.2, 0.25) is 0 Å². The molecule has 0 spiro atoms. The quantitative estimate of drug-likeness (QED) is 0.515. The standard InChI is InChI=1S/C22H39N5/c1-5-26-13-15-27(16-14-26)18-19(2)17-24-22(23-4)25-20(3)11-12-21-9-7-6-8-10-21/h6-10,19-20H,5,11-18H2,1-4H3,(H2,23,24,25). The molecular weight excluding hydrogens is 334 g/mol. The molecule has 0 saturated carbocycles. The van der Waals surface area contributed by atoms with Crippen LogP contribution >= 0.6 is 0 Å². The van der Waals surface area contributed by atoms with E-state index in [4.69, 9.17) is 0 Å². The summed E-state index contributed by atoms with van der Waals surface area (Å²) in [5, 5.41) is 7.04. The lowest BCUT2D eigenvalue weighted by molar-refractivity contribution is 0.124. The number of hydrogen-bond donors (Lipinski definition) is 2. The van der Waals surface area contributed by atoms with Crippen LogP contribution in [0.4, 0.5) is 0 Å². The van der Waals surface area contributed by atoms with Crippen molar-refractivity contribution in [2.45, 2.75) is 39.7 Å². The van der Waals surface area contributed by atoms with Crippen LogP contribution in [0.15, 0.2) is 35.3 Å². The molecule has 1 aromatic rings. The normalized spacial score (nSPS) is 18.9. The third-order valence-electron chi connectivity index (χ3n) is 5.42. The summed E-state index contributed by atoms with van der Waals surface area (Å²) >= 11 is 0. The number of benzene rings is 1. The molecule has 0 bridgehead atoms. The Morgan fingerprint density at radius 1 is 1.07 bits per heavy atom. The molecule has 2 N–H and O–H groups in total. The van der Waals surface area contributed by atoms with E-state index in [1.165, 1.54) is 38.3 Å². The van der Waals surface area contributed by atoms with Crippen LogP contribution in [0.25, 0.3) is 0 Å². The van der Waals surface area contributed by atoms with Crippen molar-refractivity contribution in [1.29, 1.82) is 0 Å². The molecule has 1 aliphatic heterocycles. The first kappa shape index (κ1) is 21.7. The molecule has 2 rings (SSSR count). The highest BCUT2D eigenvalue weighted by Crippen LogP contribution is 2.06. The Hall–Kier alpha value is -1.59. The largest absolute Gasteiger partial charge is 0.356 e. The van der Waals surface area contributed by atoms with Gasteiger partial charge in [0.1, 0.15) is 0 Å². The van der Waals surface area contributed by atoms with Gasteiger partial charge in [-0.05, 0) is 37.8 Å². The molecule has 0 aliphatic carbocycles. The molecule has 0 radical (unpaired) electrons. The summed E-state index contributed by atoms with van der Waals surface area (Å²) in [6, 6.07) is 11.1. The Morgan fingerprint density at radius 2 is 1.74 bits per heavy atom. The van der Waals surface area contributed by atoms with Gasteiger partial charge in [-0.3, -0.25) is 4.99 Å². The van der Waals surface area contributed by atoms with Crippen LogP contribution < -0.4 is 10.6 Å². The monoisotopic (exact) mass is 373 g/mol. The van der Waals surface area contributed by atoms with Gasteiger partial charge in [-0.2, -0.15) is 0 Å². The molecular formula is C22H39N5. The average molecular weight is 374 g/mol. The second kappa shape index (κ2) is 12.0. The highest BCUT2D eigenvalue weighted by atomic mass is 15.3. The Balaban J connectivity index is 1.64. The molecule has 5 heteroatoms. The van der Waals surface area contributed by atoms with Crippen molar-refractivity contribution in [3.05, 3.63) is 35.9 Å². The zero-order valence-electron chi connectivity index (χ0n) is 17.7. The Labute approximate surface area is 166 Å². The number of hydrogen-bond acceptors (Lipinski definition) is 3. The second-order valence-corrected chi connectivity index (χ2v) is 7.86. The zero-order chi connectivity index (χ0) is 19.5. The van der Waals surface area contributed by atoms with E-state index in [-0.39, 0.29) is 0 Å². The molecule has 2 unspecified atom stereocenters. The van der Waals surface area contributed by atoms with Gasteiger partial charge in [0.05, 0.1) is 0 Å². The Morgan fingerprint density at radius 3 is 2.37 bits per heavy atom. The van der Waals surface area contributed by atoms with Crippen LogP contribution in [-0.2, 0) is 6.42 Å². The number of aryl methyl sites for hydroxylation is 1. The lowest BCUT2D eigenvalue weighted by Gasteiger charge is -2.35. The maximum Gasteiger partial charge on any atom is 0.191 e. The van der Waals surface area contributed by atoms with Crippen molar-refractivity contribution in [1.82, 2.24) is 20.4 Å². The van der Waals surface area contributed by atoms with Crippen LogP contribution in [-0.4, -0.2) is 74.7 Å². The molecule has 1 aromatic carbocycles. The average Bonchev–Trinajstić information content (AvgIpc) is 2.71. The van der Waals surface area contributed by atoms with E-state index in [2.05, 4.69) is 76.5 Å². The Bertz CT molecular complexity index is 537. The maximum absolute atomic E-state index is 4.40. The fourth-order valence-electron chi connectivity index (χ4n) is 3.59. The Kier molecular flexibility index (Phi) is 9.64. The van der Waals surface area contributed by atoms with Gasteiger partial charge in [-0.25, -0.2) is 0 Å². The van der Waals surface area contributed by atoms with E-state index in [9.17, 15) is 0 Å². The third kappa shape index (κ3) is 8.31. The summed E-state index contributed by atoms with van der Waals surface area (Å²) in [5.41, 5.74) is 1.39. The van der Waals surface area contributed by atoms with E-state index in [0.717, 1.165) is 31.9 Å². The van der Waals surface area contributed by atoms with Crippen molar-refractivity contribution < 1.29 is 0 Å². The minimum atomic E-state index is 0.397. The number of rotatable bonds is 9. The lowest BCUT2D eigenvalue weighted by Crippen LogP contribution is -2.49. The second-order valence-electron chi connectivity index (χ2n) is 7.86. The minimum absolute atomic E-state index is 0.397. The maximum atomic E-state index is 4.40. The predicted octanol–water partition coefficient (Wildman–Crippen LogP) is 2.45. The van der Waals surface area contributed by atoms with Crippen LogP contribution in [0.1, 0.15) is 32.8 Å². The van der Waals surface area contributed by atoms with Crippen LogP contribution in [0.2, 0.25) is 0 Å². The number of nitrogens with zero attached hydrogens (tertiary/aromatic N) is 3. The molecule has 2 atom stereocenters. The van der Waals surface area contributed by atoms with E-state index >= 15 is 0 Å². The van der Waals surface area contributed by atoms with Crippen LogP contribution in [0.5, 0.6) is 0 Å². The van der Waals surface area contributed by atoms with E-state index < -0.39 is 0 Å². The van der Waals surface area contributed by atoms with Gasteiger partial charge in [0.25, 0.3) is 0 Å². The molecule has 1 saturated heterocycles. The van der Waals surface area contributed by atoms with Gasteiger partial charge in [0.15, 0.2) is 5.96 Å². The molecule has 152 valence electrons. The fraction of sp³-hybridized carbons (Fsp3) is 0.682. The fourth-order valence-corrected chi connectivity index (χ4v) is 3.59. The van der Waals surface area contributed by atoms with Gasteiger partial charge < -0.3 is 20.4 Å². The van der Waals surface area contributed by atoms with Gasteiger partial charge >= 0.3 is 0 Å². The van der Waals surface area contributed by atoms with Crippen molar-refractivity contribution in [2.24, 2.45) is 10.9 Å². The zero-order valence-corrected chi connectivity index (χ0v) is 17.7. The number of likely N-dealkylation sites (N-methyl/N-ethyl adjacent to an activating group) is 1. The molecule has 27 heavy (non-hydrogen) atoms. The van der Waals surface area contributed by atoms with Crippen LogP contribution in [0.3, 0.4) is 0 Å². The number of nitrogens with one attached hydrogen (secondary N) is 2. The van der Waals surface area contributed by atoms with Gasteiger partial charge in [-0.1, -0.05) is 44.2 Å². The summed E-state index contributed by atoms with van der Waals surface area (Å²) in [5.74, 6) is 1.52. The summed E-state index contributed by atoms with van der Waals surface area (Å²) in [6.45, 7) is 14.9. The first-order valence-corrected chi connectivity index (χ1v) is 10.6. The summed E-state index contributed by atoms with van der Waals surface area (Å²) in [4.78, 5) is 9.52. The summed E-state index contributed by atoms with van der Waals surface area (Å²) < 4.78 is 0. The highest BCUT2D eigenvalue weighted by molar-refractivity contribution is 5.79. The smallest absolute Gasteiger partial charge is 0.191 e. The predicted molar refractivity (Wildman–Crippen MR) is 116 cm³/mol. The molecule has 1 heterocycles. The third-order valence-corrected chi connectivity index (χ3v) is 5.42. The van der Waals surface area contributed by atoms with Crippen molar-refractivity contribution >= 4 is 5.96 Å². The molecule has 1 aliphatic rings. The van der Waals surface area contributed by atoms with Gasteiger partial charge in [-0.15, -0.1) is 0 Å². The SMILES string of the molecule is CCN1CCN(CC(C)CNC(=NC)NC(C)CCc2ccccc2)CC1. The van der Waals surface area contributed by atoms with E-state index in [1.54, 1.807) is 0 Å². The minimum Gasteiger partial charge on any atom is -0.356 e. The highest BCUT2D eigenvalue weighted by Gasteiger charge is 2.17. The van der Waals surface area contributed by atoms with Crippen molar-refractivity contribution in [3.8, 4) is 0 Å². The summed E-state index contributed by atoms with van der Waals surface area (Å²) in [6.07, 6.45) is 2.19.